The third kappa shape index (κ3) is 1.67. The summed E-state index contributed by atoms with van der Waals surface area (Å²) in [6.07, 6.45) is 0.603. The standard InChI is InChI=1S/C11H11N3O2/c1-7-8(2)13-14(12-7)10-4-3-9(6-15)11(16)5-10/h3-6,16H,1-2H3. The lowest BCUT2D eigenvalue weighted by molar-refractivity contribution is 0.112. The number of hydrogen-bond donors (Lipinski definition) is 1. The minimum Gasteiger partial charge on any atom is -0.507 e. The van der Waals surface area contributed by atoms with E-state index in [1.54, 1.807) is 6.07 Å². The van der Waals surface area contributed by atoms with Gasteiger partial charge in [-0.2, -0.15) is 15.0 Å². The second kappa shape index (κ2) is 3.77. The summed E-state index contributed by atoms with van der Waals surface area (Å²) in [5.41, 5.74) is 2.54. The quantitative estimate of drug-likeness (QED) is 0.772. The highest BCUT2D eigenvalue weighted by atomic mass is 16.3. The Bertz CT molecular complexity index is 527. The third-order valence-electron chi connectivity index (χ3n) is 2.38. The Balaban J connectivity index is 2.48. The van der Waals surface area contributed by atoms with Gasteiger partial charge in [0, 0.05) is 6.07 Å². The second-order valence-corrected chi connectivity index (χ2v) is 3.52. The van der Waals surface area contributed by atoms with Gasteiger partial charge in [0.1, 0.15) is 5.75 Å². The van der Waals surface area contributed by atoms with E-state index in [2.05, 4.69) is 10.2 Å². The summed E-state index contributed by atoms with van der Waals surface area (Å²) in [7, 11) is 0. The topological polar surface area (TPSA) is 68.0 Å². The lowest BCUT2D eigenvalue weighted by Crippen LogP contribution is -1.99. The van der Waals surface area contributed by atoms with Crippen LogP contribution in [-0.2, 0) is 0 Å². The number of phenols is 1. The monoisotopic (exact) mass is 217 g/mol. The molecule has 0 aliphatic heterocycles. The van der Waals surface area contributed by atoms with E-state index in [1.165, 1.54) is 16.9 Å². The van der Waals surface area contributed by atoms with Gasteiger partial charge >= 0.3 is 0 Å². The van der Waals surface area contributed by atoms with Gasteiger partial charge in [0.2, 0.25) is 0 Å². The van der Waals surface area contributed by atoms with Crippen LogP contribution in [0.4, 0.5) is 0 Å². The van der Waals surface area contributed by atoms with E-state index in [-0.39, 0.29) is 11.3 Å². The summed E-state index contributed by atoms with van der Waals surface area (Å²) in [5, 5.41) is 17.9. The van der Waals surface area contributed by atoms with Crippen molar-refractivity contribution in [1.29, 1.82) is 0 Å². The first-order chi connectivity index (χ1) is 7.61. The van der Waals surface area contributed by atoms with Crippen LogP contribution in [0.2, 0.25) is 0 Å². The van der Waals surface area contributed by atoms with Crippen LogP contribution in [0.25, 0.3) is 5.69 Å². The highest BCUT2D eigenvalue weighted by Crippen LogP contribution is 2.19. The third-order valence-corrected chi connectivity index (χ3v) is 2.38. The van der Waals surface area contributed by atoms with Crippen molar-refractivity contribution in [2.45, 2.75) is 13.8 Å². The molecule has 1 aromatic carbocycles. The molecule has 0 unspecified atom stereocenters. The molecule has 0 radical (unpaired) electrons. The molecule has 0 atom stereocenters. The Morgan fingerprint density at radius 2 is 1.88 bits per heavy atom. The fourth-order valence-electron chi connectivity index (χ4n) is 1.32. The molecule has 0 aliphatic carbocycles. The van der Waals surface area contributed by atoms with Gasteiger partial charge in [-0.25, -0.2) is 0 Å². The second-order valence-electron chi connectivity index (χ2n) is 3.52. The van der Waals surface area contributed by atoms with Crippen LogP contribution in [0.3, 0.4) is 0 Å². The van der Waals surface area contributed by atoms with Gasteiger partial charge in [0.05, 0.1) is 22.6 Å². The van der Waals surface area contributed by atoms with Crippen LogP contribution in [-0.4, -0.2) is 26.4 Å². The molecule has 0 bridgehead atoms. The number of nitrogens with zero attached hydrogens (tertiary/aromatic N) is 3. The van der Waals surface area contributed by atoms with E-state index < -0.39 is 0 Å². The maximum absolute atomic E-state index is 10.5. The molecule has 0 saturated heterocycles. The highest BCUT2D eigenvalue weighted by molar-refractivity contribution is 5.79. The molecule has 1 aromatic heterocycles. The first-order valence-electron chi connectivity index (χ1n) is 4.81. The van der Waals surface area contributed by atoms with Crippen molar-refractivity contribution < 1.29 is 9.90 Å². The first kappa shape index (κ1) is 10.4. The van der Waals surface area contributed by atoms with Gasteiger partial charge < -0.3 is 5.11 Å². The number of carbonyl (C=O) groups excluding carboxylic acids is 1. The van der Waals surface area contributed by atoms with E-state index >= 15 is 0 Å². The Kier molecular flexibility index (Phi) is 2.44. The zero-order valence-corrected chi connectivity index (χ0v) is 9.01. The molecule has 0 amide bonds. The smallest absolute Gasteiger partial charge is 0.153 e. The number of benzene rings is 1. The fourth-order valence-corrected chi connectivity index (χ4v) is 1.32. The molecule has 1 N–H and O–H groups in total. The number of phenolic OH excluding ortho intramolecular Hbond substituents is 1. The van der Waals surface area contributed by atoms with E-state index in [4.69, 9.17) is 0 Å². The molecule has 16 heavy (non-hydrogen) atoms. The van der Waals surface area contributed by atoms with Gasteiger partial charge in [0.15, 0.2) is 6.29 Å². The van der Waals surface area contributed by atoms with E-state index in [1.807, 2.05) is 13.8 Å². The van der Waals surface area contributed by atoms with Crippen LogP contribution < -0.4 is 0 Å². The van der Waals surface area contributed by atoms with Crippen LogP contribution in [0.5, 0.6) is 5.75 Å². The number of carbonyl (C=O) groups is 1. The van der Waals surface area contributed by atoms with Crippen molar-refractivity contribution in [1.82, 2.24) is 15.0 Å². The minimum atomic E-state index is -0.0693. The van der Waals surface area contributed by atoms with Crippen LogP contribution in [0, 0.1) is 13.8 Å². The highest BCUT2D eigenvalue weighted by Gasteiger charge is 2.07. The summed E-state index contributed by atoms with van der Waals surface area (Å²) in [5.74, 6) is -0.0693. The van der Waals surface area contributed by atoms with Crippen molar-refractivity contribution in [2.75, 3.05) is 0 Å². The molecule has 1 heterocycles. The van der Waals surface area contributed by atoms with Crippen molar-refractivity contribution in [3.63, 3.8) is 0 Å². The van der Waals surface area contributed by atoms with Crippen LogP contribution >= 0.6 is 0 Å². The minimum absolute atomic E-state index is 0.0693. The number of hydrogen-bond acceptors (Lipinski definition) is 4. The average Bonchev–Trinajstić information content (AvgIpc) is 2.59. The molecule has 0 aliphatic rings. The van der Waals surface area contributed by atoms with E-state index in [0.29, 0.717) is 12.0 Å². The van der Waals surface area contributed by atoms with Crippen LogP contribution in [0.1, 0.15) is 21.7 Å². The SMILES string of the molecule is Cc1nn(-c2ccc(C=O)c(O)c2)nc1C. The van der Waals surface area contributed by atoms with Crippen molar-refractivity contribution in [3.05, 3.63) is 35.2 Å². The van der Waals surface area contributed by atoms with Gasteiger partial charge in [-0.1, -0.05) is 0 Å². The molecule has 2 aromatic rings. The molecular weight excluding hydrogens is 206 g/mol. The lowest BCUT2D eigenvalue weighted by atomic mass is 10.2. The Hall–Kier alpha value is -2.17. The number of aldehydes is 1. The lowest BCUT2D eigenvalue weighted by Gasteiger charge is -2.01. The summed E-state index contributed by atoms with van der Waals surface area (Å²) in [4.78, 5) is 12.0. The zero-order chi connectivity index (χ0) is 11.7. The predicted octanol–water partition coefficient (Wildman–Crippen LogP) is 1.40. The number of aromatic hydroxyl groups is 1. The van der Waals surface area contributed by atoms with E-state index in [9.17, 15) is 9.90 Å². The maximum atomic E-state index is 10.5. The Morgan fingerprint density at radius 3 is 2.38 bits per heavy atom. The molecule has 0 saturated carbocycles. The van der Waals surface area contributed by atoms with Crippen LogP contribution in [0.15, 0.2) is 18.2 Å². The molecule has 0 fully saturated rings. The van der Waals surface area contributed by atoms with Gasteiger partial charge in [-0.15, -0.1) is 0 Å². The van der Waals surface area contributed by atoms with Gasteiger partial charge in [-0.05, 0) is 26.0 Å². The molecule has 5 heteroatoms. The largest absolute Gasteiger partial charge is 0.507 e. The summed E-state index contributed by atoms with van der Waals surface area (Å²) in [6, 6.07) is 4.68. The number of rotatable bonds is 2. The maximum Gasteiger partial charge on any atom is 0.153 e. The summed E-state index contributed by atoms with van der Waals surface area (Å²) >= 11 is 0. The molecular formula is C11H11N3O2. The molecule has 2 rings (SSSR count). The average molecular weight is 217 g/mol. The number of aryl methyl sites for hydroxylation is 2. The predicted molar refractivity (Wildman–Crippen MR) is 57.9 cm³/mol. The van der Waals surface area contributed by atoms with E-state index in [0.717, 1.165) is 11.4 Å². The van der Waals surface area contributed by atoms with Gasteiger partial charge in [0.25, 0.3) is 0 Å². The molecule has 0 spiro atoms. The first-order valence-corrected chi connectivity index (χ1v) is 4.81. The molecule has 5 nitrogen and oxygen atoms in total. The van der Waals surface area contributed by atoms with Crippen molar-refractivity contribution in [3.8, 4) is 11.4 Å². The fraction of sp³-hybridized carbons (Fsp3) is 0.182. The molecule has 82 valence electrons. The summed E-state index contributed by atoms with van der Waals surface area (Å²) < 4.78 is 0. The summed E-state index contributed by atoms with van der Waals surface area (Å²) in [6.45, 7) is 3.72. The van der Waals surface area contributed by atoms with Gasteiger partial charge in [-0.3, -0.25) is 4.79 Å². The van der Waals surface area contributed by atoms with Crippen molar-refractivity contribution >= 4 is 6.29 Å². The van der Waals surface area contributed by atoms with Crippen molar-refractivity contribution in [2.24, 2.45) is 0 Å². The normalized spacial score (nSPS) is 10.4. The number of aromatic nitrogens is 3. The Labute approximate surface area is 92.3 Å². The zero-order valence-electron chi connectivity index (χ0n) is 9.01. The Morgan fingerprint density at radius 1 is 1.25 bits per heavy atom.